The van der Waals surface area contributed by atoms with Gasteiger partial charge in [0.2, 0.25) is 10.0 Å². The van der Waals surface area contributed by atoms with Crippen LogP contribution >= 0.6 is 15.9 Å². The van der Waals surface area contributed by atoms with E-state index in [4.69, 9.17) is 15.6 Å². The molecule has 1 atom stereocenters. The molecule has 0 spiro atoms. The maximum Gasteiger partial charge on any atom is 0.244 e. The van der Waals surface area contributed by atoms with E-state index in [0.717, 1.165) is 0 Å². The van der Waals surface area contributed by atoms with E-state index in [2.05, 4.69) is 20.7 Å². The topological polar surface area (TPSA) is 102 Å². The number of halogens is 1. The summed E-state index contributed by atoms with van der Waals surface area (Å²) in [5, 5.41) is 8.76. The summed E-state index contributed by atoms with van der Waals surface area (Å²) >= 11 is 3.22. The zero-order valence-electron chi connectivity index (χ0n) is 11.4. The standard InChI is InChI=1S/C12H19BrN2O4S/c1-8(4-3-5-16)15-20(17,18)12-7-10(14)9(13)6-11(12)19-2/h6-8,15-16H,3-5,14H2,1-2H3. The number of hydrogen-bond acceptors (Lipinski definition) is 5. The summed E-state index contributed by atoms with van der Waals surface area (Å²) in [5.41, 5.74) is 6.04. The van der Waals surface area contributed by atoms with Crippen molar-refractivity contribution in [3.8, 4) is 5.75 Å². The SMILES string of the molecule is COc1cc(Br)c(N)cc1S(=O)(=O)NC(C)CCCO. The Morgan fingerprint density at radius 1 is 1.50 bits per heavy atom. The molecule has 0 aliphatic heterocycles. The van der Waals surface area contributed by atoms with Gasteiger partial charge in [-0.05, 0) is 47.8 Å². The molecule has 0 heterocycles. The quantitative estimate of drug-likeness (QED) is 0.634. The van der Waals surface area contributed by atoms with E-state index in [9.17, 15) is 8.42 Å². The van der Waals surface area contributed by atoms with Crippen molar-refractivity contribution in [2.75, 3.05) is 19.5 Å². The fourth-order valence-electron chi connectivity index (χ4n) is 1.71. The molecular formula is C12H19BrN2O4S. The number of nitrogen functional groups attached to an aromatic ring is 1. The van der Waals surface area contributed by atoms with Crippen LogP contribution in [0.2, 0.25) is 0 Å². The number of ether oxygens (including phenoxy) is 1. The molecule has 0 aliphatic rings. The van der Waals surface area contributed by atoms with Gasteiger partial charge in [-0.25, -0.2) is 13.1 Å². The molecule has 4 N–H and O–H groups in total. The van der Waals surface area contributed by atoms with Crippen LogP contribution < -0.4 is 15.2 Å². The van der Waals surface area contributed by atoms with Gasteiger partial charge in [-0.2, -0.15) is 0 Å². The molecule has 20 heavy (non-hydrogen) atoms. The van der Waals surface area contributed by atoms with Crippen molar-refractivity contribution in [2.45, 2.75) is 30.7 Å². The molecule has 0 aromatic heterocycles. The molecule has 0 amide bonds. The smallest absolute Gasteiger partial charge is 0.244 e. The number of nitrogens with one attached hydrogen (secondary N) is 1. The molecule has 0 fully saturated rings. The summed E-state index contributed by atoms with van der Waals surface area (Å²) in [6, 6.07) is 2.58. The minimum atomic E-state index is -3.73. The largest absolute Gasteiger partial charge is 0.495 e. The van der Waals surface area contributed by atoms with Crippen molar-refractivity contribution < 1.29 is 18.3 Å². The van der Waals surface area contributed by atoms with Gasteiger partial charge in [0.25, 0.3) is 0 Å². The van der Waals surface area contributed by atoms with Crippen LogP contribution in [0.3, 0.4) is 0 Å². The highest BCUT2D eigenvalue weighted by atomic mass is 79.9. The van der Waals surface area contributed by atoms with Crippen molar-refractivity contribution in [1.29, 1.82) is 0 Å². The number of anilines is 1. The second-order valence-corrected chi connectivity index (χ2v) is 6.95. The van der Waals surface area contributed by atoms with Gasteiger partial charge in [-0.3, -0.25) is 0 Å². The van der Waals surface area contributed by atoms with Crippen LogP contribution in [0.25, 0.3) is 0 Å². The van der Waals surface area contributed by atoms with Gasteiger partial charge in [0.1, 0.15) is 10.6 Å². The maximum absolute atomic E-state index is 12.3. The number of benzene rings is 1. The Hall–Kier alpha value is -0.830. The second-order valence-electron chi connectivity index (χ2n) is 4.41. The van der Waals surface area contributed by atoms with Gasteiger partial charge in [0.05, 0.1) is 7.11 Å². The van der Waals surface area contributed by atoms with E-state index in [0.29, 0.717) is 23.0 Å². The monoisotopic (exact) mass is 366 g/mol. The molecule has 1 aromatic rings. The molecule has 0 aliphatic carbocycles. The normalized spacial score (nSPS) is 13.2. The molecular weight excluding hydrogens is 348 g/mol. The zero-order valence-corrected chi connectivity index (χ0v) is 13.8. The summed E-state index contributed by atoms with van der Waals surface area (Å²) in [5.74, 6) is 0.216. The average Bonchev–Trinajstić information content (AvgIpc) is 2.38. The Balaban J connectivity index is 3.06. The lowest BCUT2D eigenvalue weighted by Crippen LogP contribution is -2.33. The minimum Gasteiger partial charge on any atom is -0.495 e. The van der Waals surface area contributed by atoms with Crippen LogP contribution in [-0.4, -0.2) is 33.3 Å². The average molecular weight is 367 g/mol. The predicted octanol–water partition coefficient (Wildman–Crippen LogP) is 1.48. The van der Waals surface area contributed by atoms with Crippen molar-refractivity contribution in [3.63, 3.8) is 0 Å². The first-order valence-electron chi connectivity index (χ1n) is 6.08. The third-order valence-electron chi connectivity index (χ3n) is 2.72. The van der Waals surface area contributed by atoms with Crippen molar-refractivity contribution in [1.82, 2.24) is 4.72 Å². The third kappa shape index (κ3) is 4.34. The van der Waals surface area contributed by atoms with Gasteiger partial charge in [-0.15, -0.1) is 0 Å². The Morgan fingerprint density at radius 2 is 2.15 bits per heavy atom. The Kier molecular flexibility index (Phi) is 6.25. The molecule has 0 radical (unpaired) electrons. The van der Waals surface area contributed by atoms with E-state index in [-0.39, 0.29) is 23.3 Å². The third-order valence-corrected chi connectivity index (χ3v) is 5.02. The molecule has 8 heteroatoms. The van der Waals surface area contributed by atoms with Crippen molar-refractivity contribution in [2.24, 2.45) is 0 Å². The first-order chi connectivity index (χ1) is 9.31. The molecule has 1 unspecified atom stereocenters. The lowest BCUT2D eigenvalue weighted by atomic mass is 10.2. The number of sulfonamides is 1. The van der Waals surface area contributed by atoms with Crippen LogP contribution in [0.5, 0.6) is 5.75 Å². The molecule has 114 valence electrons. The van der Waals surface area contributed by atoms with Crippen LogP contribution in [0.15, 0.2) is 21.5 Å². The molecule has 1 aromatic carbocycles. The van der Waals surface area contributed by atoms with Crippen LogP contribution in [0.4, 0.5) is 5.69 Å². The molecule has 0 bridgehead atoms. The number of aliphatic hydroxyl groups excluding tert-OH is 1. The van der Waals surface area contributed by atoms with Gasteiger partial charge in [-0.1, -0.05) is 0 Å². The zero-order chi connectivity index (χ0) is 15.3. The van der Waals surface area contributed by atoms with Crippen LogP contribution in [-0.2, 0) is 10.0 Å². The molecule has 1 rings (SSSR count). The highest BCUT2D eigenvalue weighted by Crippen LogP contribution is 2.32. The Labute approximate surface area is 127 Å². The summed E-state index contributed by atoms with van der Waals surface area (Å²) < 4.78 is 32.8. The van der Waals surface area contributed by atoms with Crippen LogP contribution in [0, 0.1) is 0 Å². The Bertz CT molecular complexity index is 563. The van der Waals surface area contributed by atoms with E-state index in [1.165, 1.54) is 19.2 Å². The highest BCUT2D eigenvalue weighted by molar-refractivity contribution is 9.10. The molecule has 0 saturated heterocycles. The van der Waals surface area contributed by atoms with Gasteiger partial charge in [0, 0.05) is 22.8 Å². The summed E-state index contributed by atoms with van der Waals surface area (Å²) in [4.78, 5) is -0.00320. The maximum atomic E-state index is 12.3. The number of rotatable bonds is 7. The number of nitrogens with two attached hydrogens (primary N) is 1. The summed E-state index contributed by atoms with van der Waals surface area (Å²) in [6.45, 7) is 1.77. The Morgan fingerprint density at radius 3 is 2.70 bits per heavy atom. The fraction of sp³-hybridized carbons (Fsp3) is 0.500. The van der Waals surface area contributed by atoms with E-state index >= 15 is 0 Å². The second kappa shape index (κ2) is 7.26. The van der Waals surface area contributed by atoms with Crippen LogP contribution in [0.1, 0.15) is 19.8 Å². The molecule has 0 saturated carbocycles. The summed E-state index contributed by atoms with van der Waals surface area (Å²) in [7, 11) is -2.33. The minimum absolute atomic E-state index is 0.00320. The lowest BCUT2D eigenvalue weighted by Gasteiger charge is -2.16. The van der Waals surface area contributed by atoms with Gasteiger partial charge >= 0.3 is 0 Å². The predicted molar refractivity (Wildman–Crippen MR) is 81.2 cm³/mol. The summed E-state index contributed by atoms with van der Waals surface area (Å²) in [6.07, 6.45) is 1.08. The fourth-order valence-corrected chi connectivity index (χ4v) is 3.49. The molecule has 6 nitrogen and oxygen atoms in total. The van der Waals surface area contributed by atoms with Crippen molar-refractivity contribution >= 4 is 31.6 Å². The number of hydrogen-bond donors (Lipinski definition) is 3. The van der Waals surface area contributed by atoms with Gasteiger partial charge in [0.15, 0.2) is 0 Å². The van der Waals surface area contributed by atoms with Gasteiger partial charge < -0.3 is 15.6 Å². The van der Waals surface area contributed by atoms with Crippen molar-refractivity contribution in [3.05, 3.63) is 16.6 Å². The van der Waals surface area contributed by atoms with E-state index < -0.39 is 10.0 Å². The van der Waals surface area contributed by atoms with E-state index in [1.54, 1.807) is 6.92 Å². The highest BCUT2D eigenvalue weighted by Gasteiger charge is 2.23. The number of aliphatic hydroxyl groups is 1. The number of methoxy groups -OCH3 is 1. The first-order valence-corrected chi connectivity index (χ1v) is 8.35. The lowest BCUT2D eigenvalue weighted by molar-refractivity contribution is 0.279. The van der Waals surface area contributed by atoms with E-state index in [1.807, 2.05) is 0 Å². The first kappa shape index (κ1) is 17.2.